The minimum absolute atomic E-state index is 0.190. The summed E-state index contributed by atoms with van der Waals surface area (Å²) >= 11 is 0. The summed E-state index contributed by atoms with van der Waals surface area (Å²) < 4.78 is 0. The zero-order valence-corrected chi connectivity index (χ0v) is 12.1. The first kappa shape index (κ1) is 14.6. The first-order valence-electron chi connectivity index (χ1n) is 6.94. The number of aromatic nitrogens is 2. The quantitative estimate of drug-likeness (QED) is 0.771. The van der Waals surface area contributed by atoms with Crippen LogP contribution in [0.15, 0.2) is 55.0 Å². The molecule has 1 aromatic carbocycles. The molecular weight excluding hydrogens is 294 g/mol. The lowest BCUT2D eigenvalue weighted by molar-refractivity contribution is 0.0696. The van der Waals surface area contributed by atoms with E-state index in [1.54, 1.807) is 42.9 Å². The van der Waals surface area contributed by atoms with E-state index >= 15 is 0 Å². The van der Waals surface area contributed by atoms with Gasteiger partial charge >= 0.3 is 5.97 Å². The molecule has 0 fully saturated rings. The van der Waals surface area contributed by atoms with Gasteiger partial charge in [0.25, 0.3) is 5.91 Å². The number of amides is 1. The van der Waals surface area contributed by atoms with Gasteiger partial charge in [0.15, 0.2) is 0 Å². The van der Waals surface area contributed by atoms with E-state index in [0.717, 1.165) is 5.56 Å². The van der Waals surface area contributed by atoms with Gasteiger partial charge in [-0.25, -0.2) is 4.79 Å². The van der Waals surface area contributed by atoms with Gasteiger partial charge in [-0.15, -0.1) is 0 Å². The number of hydrogen-bond donors (Lipinski definition) is 2. The molecule has 2 heterocycles. The number of pyridine rings is 2. The largest absolute Gasteiger partial charge is 0.478 e. The number of nitrogens with one attached hydrogen (secondary N) is 1. The molecule has 0 spiro atoms. The number of rotatable bonds is 4. The third kappa shape index (κ3) is 3.16. The molecule has 0 aliphatic heterocycles. The lowest BCUT2D eigenvalue weighted by atomic mass is 10.1. The SMILES string of the molecule is O=C(O)c1cccc(CNC(=O)c2ccnc3ccncc23)c1. The molecule has 0 unspecified atom stereocenters. The first-order chi connectivity index (χ1) is 11.1. The van der Waals surface area contributed by atoms with Crippen LogP contribution in [-0.4, -0.2) is 27.0 Å². The van der Waals surface area contributed by atoms with Gasteiger partial charge in [0, 0.05) is 30.5 Å². The zero-order valence-electron chi connectivity index (χ0n) is 12.1. The molecule has 23 heavy (non-hydrogen) atoms. The van der Waals surface area contributed by atoms with Gasteiger partial charge < -0.3 is 10.4 Å². The van der Waals surface area contributed by atoms with Crippen LogP contribution in [0.1, 0.15) is 26.3 Å². The highest BCUT2D eigenvalue weighted by Gasteiger charge is 2.11. The molecule has 2 aromatic heterocycles. The normalized spacial score (nSPS) is 10.4. The predicted molar refractivity (Wildman–Crippen MR) is 84.1 cm³/mol. The van der Waals surface area contributed by atoms with Crippen molar-refractivity contribution in [2.45, 2.75) is 6.54 Å². The summed E-state index contributed by atoms with van der Waals surface area (Å²) in [5.74, 6) is -1.25. The summed E-state index contributed by atoms with van der Waals surface area (Å²) in [5.41, 5.74) is 2.09. The summed E-state index contributed by atoms with van der Waals surface area (Å²) in [6.45, 7) is 0.240. The highest BCUT2D eigenvalue weighted by Crippen LogP contribution is 2.15. The fourth-order valence-electron chi connectivity index (χ4n) is 2.28. The molecule has 0 aliphatic rings. The summed E-state index contributed by atoms with van der Waals surface area (Å²) in [7, 11) is 0. The van der Waals surface area contributed by atoms with Crippen LogP contribution < -0.4 is 5.32 Å². The van der Waals surface area contributed by atoms with Gasteiger partial charge in [0.05, 0.1) is 16.6 Å². The Labute approximate surface area is 131 Å². The summed E-state index contributed by atoms with van der Waals surface area (Å²) in [4.78, 5) is 31.5. The van der Waals surface area contributed by atoms with Crippen LogP contribution in [-0.2, 0) is 6.54 Å². The summed E-state index contributed by atoms with van der Waals surface area (Å²) in [5, 5.41) is 12.4. The van der Waals surface area contributed by atoms with Crippen LogP contribution in [0.2, 0.25) is 0 Å². The Morgan fingerprint density at radius 1 is 1.13 bits per heavy atom. The summed E-state index contributed by atoms with van der Waals surface area (Å²) in [6, 6.07) is 9.83. The Hall–Kier alpha value is -3.28. The highest BCUT2D eigenvalue weighted by molar-refractivity contribution is 6.05. The van der Waals surface area contributed by atoms with E-state index in [9.17, 15) is 9.59 Å². The molecule has 114 valence electrons. The number of carbonyl (C=O) groups is 2. The standard InChI is InChI=1S/C17H13N3O3/c21-16(13-4-7-19-15-5-6-18-10-14(13)15)20-9-11-2-1-3-12(8-11)17(22)23/h1-8,10H,9H2,(H,20,21)(H,22,23). The number of fused-ring (bicyclic) bond motifs is 1. The minimum Gasteiger partial charge on any atom is -0.478 e. The van der Waals surface area contributed by atoms with Crippen LogP contribution in [0.4, 0.5) is 0 Å². The Kier molecular flexibility index (Phi) is 3.97. The molecular formula is C17H13N3O3. The minimum atomic E-state index is -0.996. The number of carboxylic acids is 1. The number of aromatic carboxylic acids is 1. The molecule has 0 saturated heterocycles. The fraction of sp³-hybridized carbons (Fsp3) is 0.0588. The molecule has 2 N–H and O–H groups in total. The molecule has 3 rings (SSSR count). The topological polar surface area (TPSA) is 92.2 Å². The Balaban J connectivity index is 1.79. The van der Waals surface area contributed by atoms with E-state index in [2.05, 4.69) is 15.3 Å². The molecule has 3 aromatic rings. The number of carboxylic acid groups (broad SMARTS) is 1. The molecule has 0 saturated carbocycles. The average molecular weight is 307 g/mol. The van der Waals surface area contributed by atoms with Gasteiger partial charge in [-0.1, -0.05) is 12.1 Å². The van der Waals surface area contributed by atoms with Crippen LogP contribution in [0, 0.1) is 0 Å². The first-order valence-corrected chi connectivity index (χ1v) is 6.94. The van der Waals surface area contributed by atoms with Crippen LogP contribution in [0.3, 0.4) is 0 Å². The lowest BCUT2D eigenvalue weighted by Crippen LogP contribution is -2.23. The van der Waals surface area contributed by atoms with Gasteiger partial charge in [0.2, 0.25) is 0 Å². The van der Waals surface area contributed by atoms with E-state index in [0.29, 0.717) is 16.5 Å². The van der Waals surface area contributed by atoms with Crippen molar-refractivity contribution in [2.24, 2.45) is 0 Å². The van der Waals surface area contributed by atoms with Crippen molar-refractivity contribution >= 4 is 22.8 Å². The monoisotopic (exact) mass is 307 g/mol. The zero-order chi connectivity index (χ0) is 16.2. The van der Waals surface area contributed by atoms with E-state index in [-0.39, 0.29) is 18.0 Å². The van der Waals surface area contributed by atoms with Crippen molar-refractivity contribution in [3.63, 3.8) is 0 Å². The maximum Gasteiger partial charge on any atom is 0.335 e. The van der Waals surface area contributed by atoms with Crippen LogP contribution >= 0.6 is 0 Å². The Morgan fingerprint density at radius 2 is 2.00 bits per heavy atom. The molecule has 1 amide bonds. The number of carbonyl (C=O) groups excluding carboxylic acids is 1. The van der Waals surface area contributed by atoms with Gasteiger partial charge in [-0.05, 0) is 29.8 Å². The van der Waals surface area contributed by atoms with E-state index in [1.807, 2.05) is 0 Å². The Morgan fingerprint density at radius 3 is 2.83 bits per heavy atom. The van der Waals surface area contributed by atoms with Crippen molar-refractivity contribution in [3.8, 4) is 0 Å². The smallest absolute Gasteiger partial charge is 0.335 e. The molecule has 6 nitrogen and oxygen atoms in total. The van der Waals surface area contributed by atoms with E-state index < -0.39 is 5.97 Å². The van der Waals surface area contributed by atoms with Crippen LogP contribution in [0.5, 0.6) is 0 Å². The second-order valence-electron chi connectivity index (χ2n) is 4.94. The van der Waals surface area contributed by atoms with Crippen molar-refractivity contribution in [1.82, 2.24) is 15.3 Å². The number of benzene rings is 1. The van der Waals surface area contributed by atoms with Gasteiger partial charge in [-0.2, -0.15) is 0 Å². The third-order valence-corrected chi connectivity index (χ3v) is 3.41. The Bertz CT molecular complexity index is 888. The maximum atomic E-state index is 12.4. The second kappa shape index (κ2) is 6.23. The molecule has 0 atom stereocenters. The van der Waals surface area contributed by atoms with E-state index in [1.165, 1.54) is 12.1 Å². The molecule has 0 radical (unpaired) electrons. The van der Waals surface area contributed by atoms with Crippen molar-refractivity contribution in [3.05, 3.63) is 71.7 Å². The molecule has 0 bridgehead atoms. The maximum absolute atomic E-state index is 12.4. The number of hydrogen-bond acceptors (Lipinski definition) is 4. The van der Waals surface area contributed by atoms with Gasteiger partial charge in [-0.3, -0.25) is 14.8 Å². The van der Waals surface area contributed by atoms with Crippen LogP contribution in [0.25, 0.3) is 10.9 Å². The molecule has 6 heteroatoms. The fourth-order valence-corrected chi connectivity index (χ4v) is 2.28. The van der Waals surface area contributed by atoms with Gasteiger partial charge in [0.1, 0.15) is 0 Å². The van der Waals surface area contributed by atoms with Crippen molar-refractivity contribution in [1.29, 1.82) is 0 Å². The average Bonchev–Trinajstić information content (AvgIpc) is 2.59. The van der Waals surface area contributed by atoms with Crippen molar-refractivity contribution in [2.75, 3.05) is 0 Å². The second-order valence-corrected chi connectivity index (χ2v) is 4.94. The summed E-state index contributed by atoms with van der Waals surface area (Å²) in [6.07, 6.45) is 4.79. The van der Waals surface area contributed by atoms with Crippen molar-refractivity contribution < 1.29 is 14.7 Å². The van der Waals surface area contributed by atoms with E-state index in [4.69, 9.17) is 5.11 Å². The number of nitrogens with zero attached hydrogens (tertiary/aromatic N) is 2. The third-order valence-electron chi connectivity index (χ3n) is 3.41. The highest BCUT2D eigenvalue weighted by atomic mass is 16.4. The lowest BCUT2D eigenvalue weighted by Gasteiger charge is -2.08. The predicted octanol–water partition coefficient (Wildman–Crippen LogP) is 2.26. The molecule has 0 aliphatic carbocycles.